The maximum atomic E-state index is 12.8. The summed E-state index contributed by atoms with van der Waals surface area (Å²) in [4.78, 5) is 29.4. The van der Waals surface area contributed by atoms with E-state index in [2.05, 4.69) is 22.3 Å². The summed E-state index contributed by atoms with van der Waals surface area (Å²) in [5.74, 6) is -0.136. The Hall–Kier alpha value is -2.70. The molecule has 0 spiro atoms. The lowest BCUT2D eigenvalue weighted by molar-refractivity contribution is -0.155. The smallest absolute Gasteiger partial charge is 0.248 e. The van der Waals surface area contributed by atoms with E-state index in [1.807, 2.05) is 48.5 Å². The second-order valence-corrected chi connectivity index (χ2v) is 7.33. The van der Waals surface area contributed by atoms with Gasteiger partial charge in [-0.1, -0.05) is 60.7 Å². The van der Waals surface area contributed by atoms with Crippen LogP contribution >= 0.6 is 0 Å². The number of fused-ring (bicyclic) bond motifs is 1. The third-order valence-electron chi connectivity index (χ3n) is 5.31. The second kappa shape index (κ2) is 8.54. The lowest BCUT2D eigenvalue weighted by atomic mass is 10.0. The highest BCUT2D eigenvalue weighted by Crippen LogP contribution is 2.18. The fourth-order valence-electron chi connectivity index (χ4n) is 3.82. The van der Waals surface area contributed by atoms with E-state index in [9.17, 15) is 9.59 Å². The molecule has 2 fully saturated rings. The van der Waals surface area contributed by atoms with E-state index in [1.165, 1.54) is 5.56 Å². The van der Waals surface area contributed by atoms with E-state index in [0.717, 1.165) is 18.7 Å². The first-order valence-corrected chi connectivity index (χ1v) is 9.69. The molecule has 2 aliphatic heterocycles. The number of nitrogens with zero attached hydrogens (tertiary/aromatic N) is 2. The molecule has 2 aromatic rings. The molecule has 4 rings (SSSR count). The summed E-state index contributed by atoms with van der Waals surface area (Å²) < 4.78 is 5.69. The lowest BCUT2D eigenvalue weighted by Crippen LogP contribution is -2.69. The Morgan fingerprint density at radius 1 is 0.929 bits per heavy atom. The molecule has 6 nitrogen and oxygen atoms in total. The maximum Gasteiger partial charge on any atom is 0.248 e. The van der Waals surface area contributed by atoms with Gasteiger partial charge in [-0.05, 0) is 11.1 Å². The predicted octanol–water partition coefficient (Wildman–Crippen LogP) is 1.41. The van der Waals surface area contributed by atoms with Crippen LogP contribution in [0.5, 0.6) is 0 Å². The molecule has 28 heavy (non-hydrogen) atoms. The van der Waals surface area contributed by atoms with E-state index in [4.69, 9.17) is 4.74 Å². The van der Waals surface area contributed by atoms with Gasteiger partial charge in [0.15, 0.2) is 0 Å². The SMILES string of the molecule is O=C1N[C@@H](COCc2ccccc2)C(=O)N2CCN(Cc3ccccc3)C[C@H]12. The van der Waals surface area contributed by atoms with Crippen molar-refractivity contribution in [1.82, 2.24) is 15.1 Å². The summed E-state index contributed by atoms with van der Waals surface area (Å²) in [6.45, 7) is 3.30. The van der Waals surface area contributed by atoms with Gasteiger partial charge in [0.05, 0.1) is 13.2 Å². The third-order valence-corrected chi connectivity index (χ3v) is 5.31. The number of piperazine rings is 2. The molecule has 2 aromatic carbocycles. The number of amides is 2. The average molecular weight is 379 g/mol. The van der Waals surface area contributed by atoms with E-state index in [0.29, 0.717) is 19.7 Å². The molecule has 1 N–H and O–H groups in total. The highest BCUT2D eigenvalue weighted by molar-refractivity contribution is 5.97. The topological polar surface area (TPSA) is 61.9 Å². The van der Waals surface area contributed by atoms with Gasteiger partial charge in [-0.3, -0.25) is 14.5 Å². The van der Waals surface area contributed by atoms with Gasteiger partial charge in [-0.2, -0.15) is 0 Å². The van der Waals surface area contributed by atoms with Crippen molar-refractivity contribution in [2.45, 2.75) is 25.2 Å². The van der Waals surface area contributed by atoms with E-state index in [-0.39, 0.29) is 18.4 Å². The van der Waals surface area contributed by atoms with E-state index in [1.54, 1.807) is 4.90 Å². The van der Waals surface area contributed by atoms with Crippen LogP contribution in [-0.4, -0.2) is 59.9 Å². The minimum absolute atomic E-state index is 0.0444. The molecule has 146 valence electrons. The summed E-state index contributed by atoms with van der Waals surface area (Å²) in [5, 5.41) is 2.85. The van der Waals surface area contributed by atoms with Crippen molar-refractivity contribution in [3.8, 4) is 0 Å². The highest BCUT2D eigenvalue weighted by atomic mass is 16.5. The van der Waals surface area contributed by atoms with Gasteiger partial charge in [0.25, 0.3) is 0 Å². The van der Waals surface area contributed by atoms with Gasteiger partial charge in [-0.25, -0.2) is 0 Å². The number of hydrogen-bond donors (Lipinski definition) is 1. The van der Waals surface area contributed by atoms with Crippen molar-refractivity contribution in [3.05, 3.63) is 71.8 Å². The van der Waals surface area contributed by atoms with Crippen LogP contribution in [0.15, 0.2) is 60.7 Å². The number of benzene rings is 2. The minimum Gasteiger partial charge on any atom is -0.374 e. The van der Waals surface area contributed by atoms with Gasteiger partial charge in [0.1, 0.15) is 12.1 Å². The molecule has 0 bridgehead atoms. The Kier molecular flexibility index (Phi) is 5.69. The van der Waals surface area contributed by atoms with Crippen LogP contribution in [0.3, 0.4) is 0 Å². The number of ether oxygens (including phenoxy) is 1. The van der Waals surface area contributed by atoms with Crippen LogP contribution in [0.25, 0.3) is 0 Å². The first-order chi connectivity index (χ1) is 13.7. The van der Waals surface area contributed by atoms with E-state index < -0.39 is 12.1 Å². The summed E-state index contributed by atoms with van der Waals surface area (Å²) >= 11 is 0. The van der Waals surface area contributed by atoms with Gasteiger partial charge in [0, 0.05) is 26.2 Å². The Bertz CT molecular complexity index is 812. The van der Waals surface area contributed by atoms with Crippen molar-refractivity contribution < 1.29 is 14.3 Å². The number of nitrogens with one attached hydrogen (secondary N) is 1. The molecular formula is C22H25N3O3. The summed E-state index contributed by atoms with van der Waals surface area (Å²) in [6.07, 6.45) is 0. The number of carbonyl (C=O) groups is 2. The molecule has 0 aliphatic carbocycles. The van der Waals surface area contributed by atoms with Gasteiger partial charge < -0.3 is 15.0 Å². The van der Waals surface area contributed by atoms with Crippen LogP contribution < -0.4 is 5.32 Å². The quantitative estimate of drug-likeness (QED) is 0.825. The second-order valence-electron chi connectivity index (χ2n) is 7.33. The summed E-state index contributed by atoms with van der Waals surface area (Å²) in [5.41, 5.74) is 2.26. The molecule has 0 aromatic heterocycles. The Balaban J connectivity index is 1.32. The van der Waals surface area contributed by atoms with Gasteiger partial charge in [-0.15, -0.1) is 0 Å². The van der Waals surface area contributed by atoms with Crippen molar-refractivity contribution in [1.29, 1.82) is 0 Å². The fraction of sp³-hybridized carbons (Fsp3) is 0.364. The largest absolute Gasteiger partial charge is 0.374 e. The Morgan fingerprint density at radius 2 is 1.61 bits per heavy atom. The molecule has 2 amide bonds. The first kappa shape index (κ1) is 18.7. The molecule has 6 heteroatoms. The van der Waals surface area contributed by atoms with Crippen LogP contribution in [0.1, 0.15) is 11.1 Å². The van der Waals surface area contributed by atoms with Gasteiger partial charge in [0.2, 0.25) is 11.8 Å². The first-order valence-electron chi connectivity index (χ1n) is 9.69. The normalized spacial score (nSPS) is 22.6. The van der Waals surface area contributed by atoms with Crippen LogP contribution in [-0.2, 0) is 27.5 Å². The summed E-state index contributed by atoms with van der Waals surface area (Å²) in [7, 11) is 0. The minimum atomic E-state index is -0.604. The zero-order valence-corrected chi connectivity index (χ0v) is 15.8. The predicted molar refractivity (Wildman–Crippen MR) is 105 cm³/mol. The monoisotopic (exact) mass is 379 g/mol. The standard InChI is InChI=1S/C22H25N3O3/c26-21-20-14-24(13-17-7-3-1-4-8-17)11-12-25(20)22(27)19(23-21)16-28-15-18-9-5-2-6-10-18/h1-10,19-20H,11-16H2,(H,23,26)/t19-,20+/m0/s1. The molecule has 0 unspecified atom stereocenters. The summed E-state index contributed by atoms with van der Waals surface area (Å²) in [6, 6.07) is 19.0. The highest BCUT2D eigenvalue weighted by Gasteiger charge is 2.43. The molecule has 2 aliphatic rings. The van der Waals surface area contributed by atoms with E-state index >= 15 is 0 Å². The zero-order chi connectivity index (χ0) is 19.3. The maximum absolute atomic E-state index is 12.8. The van der Waals surface area contributed by atoms with Crippen LogP contribution in [0.2, 0.25) is 0 Å². The fourth-order valence-corrected chi connectivity index (χ4v) is 3.82. The van der Waals surface area contributed by atoms with Crippen LogP contribution in [0.4, 0.5) is 0 Å². The molecule has 2 atom stereocenters. The van der Waals surface area contributed by atoms with Crippen molar-refractivity contribution in [2.75, 3.05) is 26.2 Å². The number of carbonyl (C=O) groups excluding carboxylic acids is 2. The van der Waals surface area contributed by atoms with Crippen molar-refractivity contribution in [2.24, 2.45) is 0 Å². The average Bonchev–Trinajstić information content (AvgIpc) is 2.73. The van der Waals surface area contributed by atoms with Crippen LogP contribution in [0, 0.1) is 0 Å². The molecule has 0 saturated carbocycles. The molecule has 0 radical (unpaired) electrons. The van der Waals surface area contributed by atoms with Crippen molar-refractivity contribution >= 4 is 11.8 Å². The third kappa shape index (κ3) is 4.24. The molecule has 2 heterocycles. The Labute approximate surface area is 165 Å². The number of rotatable bonds is 6. The van der Waals surface area contributed by atoms with Gasteiger partial charge >= 0.3 is 0 Å². The zero-order valence-electron chi connectivity index (χ0n) is 15.8. The number of hydrogen-bond acceptors (Lipinski definition) is 4. The lowest BCUT2D eigenvalue weighted by Gasteiger charge is -2.45. The Morgan fingerprint density at radius 3 is 2.32 bits per heavy atom. The molecule has 2 saturated heterocycles. The molecular weight excluding hydrogens is 354 g/mol. The van der Waals surface area contributed by atoms with Crippen molar-refractivity contribution in [3.63, 3.8) is 0 Å².